The third-order valence-corrected chi connectivity index (χ3v) is 1.17. The van der Waals surface area contributed by atoms with Gasteiger partial charge in [0.05, 0.1) is 0 Å². The van der Waals surface area contributed by atoms with Gasteiger partial charge in [0.1, 0.15) is 0 Å². The topological polar surface area (TPSA) is 113 Å². The average Bonchev–Trinajstić information content (AvgIpc) is 1.97. The standard InChI is InChI=1S/C6H12N2O4/c7-6(12)8-3-1-2-4(9)5(10)11/h6,8,12H,1-3,7H2,(H,10,11). The predicted octanol–water partition coefficient (Wildman–Crippen LogP) is -1.76. The highest BCUT2D eigenvalue weighted by Crippen LogP contribution is 1.89. The molecule has 70 valence electrons. The highest BCUT2D eigenvalue weighted by Gasteiger charge is 2.09. The lowest BCUT2D eigenvalue weighted by Gasteiger charge is -2.04. The van der Waals surface area contributed by atoms with E-state index in [-0.39, 0.29) is 6.42 Å². The number of aliphatic carboxylic acids is 1. The Balaban J connectivity index is 3.32. The maximum absolute atomic E-state index is 10.5. The number of aliphatic hydroxyl groups is 1. The quantitative estimate of drug-likeness (QED) is 0.217. The Hall–Kier alpha value is -0.980. The van der Waals surface area contributed by atoms with Crippen LogP contribution in [-0.4, -0.2) is 34.9 Å². The van der Waals surface area contributed by atoms with E-state index in [0.29, 0.717) is 13.0 Å². The van der Waals surface area contributed by atoms with Gasteiger partial charge in [-0.25, -0.2) is 4.79 Å². The highest BCUT2D eigenvalue weighted by molar-refractivity contribution is 6.32. The summed E-state index contributed by atoms with van der Waals surface area (Å²) in [5, 5.41) is 19.1. The van der Waals surface area contributed by atoms with Gasteiger partial charge in [0.15, 0.2) is 6.35 Å². The number of hydrogen-bond donors (Lipinski definition) is 4. The minimum atomic E-state index is -1.43. The smallest absolute Gasteiger partial charge is 0.372 e. The first kappa shape index (κ1) is 11.0. The first-order valence-electron chi connectivity index (χ1n) is 3.47. The minimum Gasteiger partial charge on any atom is -0.476 e. The van der Waals surface area contributed by atoms with Gasteiger partial charge in [-0.3, -0.25) is 15.8 Å². The van der Waals surface area contributed by atoms with Crippen LogP contribution in [0.4, 0.5) is 0 Å². The molecule has 0 aliphatic heterocycles. The van der Waals surface area contributed by atoms with E-state index >= 15 is 0 Å². The molecule has 0 rings (SSSR count). The van der Waals surface area contributed by atoms with Crippen molar-refractivity contribution in [3.05, 3.63) is 0 Å². The van der Waals surface area contributed by atoms with Crippen molar-refractivity contribution in [1.29, 1.82) is 0 Å². The first-order valence-corrected chi connectivity index (χ1v) is 3.47. The van der Waals surface area contributed by atoms with Crippen molar-refractivity contribution in [1.82, 2.24) is 5.32 Å². The van der Waals surface area contributed by atoms with Crippen LogP contribution in [-0.2, 0) is 9.59 Å². The number of nitrogens with one attached hydrogen (secondary N) is 1. The molecule has 0 aromatic rings. The lowest BCUT2D eigenvalue weighted by atomic mass is 10.2. The molecule has 1 unspecified atom stereocenters. The number of nitrogens with two attached hydrogens (primary N) is 1. The summed E-state index contributed by atoms with van der Waals surface area (Å²) in [6, 6.07) is 0. The molecule has 0 saturated carbocycles. The summed E-state index contributed by atoms with van der Waals surface area (Å²) < 4.78 is 0. The summed E-state index contributed by atoms with van der Waals surface area (Å²) in [4.78, 5) is 20.4. The van der Waals surface area contributed by atoms with Crippen LogP contribution in [0, 0.1) is 0 Å². The molecule has 0 aromatic carbocycles. The molecule has 5 N–H and O–H groups in total. The minimum absolute atomic E-state index is 0.0466. The Labute approximate surface area is 69.4 Å². The monoisotopic (exact) mass is 176 g/mol. The molecule has 0 fully saturated rings. The van der Waals surface area contributed by atoms with Crippen molar-refractivity contribution in [2.24, 2.45) is 5.73 Å². The number of rotatable bonds is 6. The van der Waals surface area contributed by atoms with E-state index in [1.807, 2.05) is 0 Å². The van der Waals surface area contributed by atoms with Gasteiger partial charge in [0, 0.05) is 6.42 Å². The van der Waals surface area contributed by atoms with E-state index in [0.717, 1.165) is 0 Å². The maximum atomic E-state index is 10.5. The molecule has 0 aromatic heterocycles. The molecule has 12 heavy (non-hydrogen) atoms. The highest BCUT2D eigenvalue weighted by atomic mass is 16.4. The summed E-state index contributed by atoms with van der Waals surface area (Å²) >= 11 is 0. The van der Waals surface area contributed by atoms with Crippen LogP contribution >= 0.6 is 0 Å². The molecule has 6 nitrogen and oxygen atoms in total. The van der Waals surface area contributed by atoms with Crippen molar-refractivity contribution < 1.29 is 19.8 Å². The second-order valence-electron chi connectivity index (χ2n) is 2.23. The molecule has 0 amide bonds. The average molecular weight is 176 g/mol. The van der Waals surface area contributed by atoms with E-state index < -0.39 is 18.1 Å². The molecule has 0 radical (unpaired) electrons. The second kappa shape index (κ2) is 5.64. The number of ketones is 1. The van der Waals surface area contributed by atoms with Gasteiger partial charge in [-0.05, 0) is 13.0 Å². The molecule has 0 spiro atoms. The predicted molar refractivity (Wildman–Crippen MR) is 40.1 cm³/mol. The molecule has 0 aliphatic rings. The fraction of sp³-hybridized carbons (Fsp3) is 0.667. The SMILES string of the molecule is NC(O)NCCCC(=O)C(=O)O. The third-order valence-electron chi connectivity index (χ3n) is 1.17. The zero-order valence-corrected chi connectivity index (χ0v) is 6.49. The Morgan fingerprint density at radius 3 is 2.50 bits per heavy atom. The lowest BCUT2D eigenvalue weighted by Crippen LogP contribution is -2.37. The van der Waals surface area contributed by atoms with Gasteiger partial charge in [-0.15, -0.1) is 0 Å². The van der Waals surface area contributed by atoms with E-state index in [9.17, 15) is 9.59 Å². The number of carboxylic acid groups (broad SMARTS) is 1. The van der Waals surface area contributed by atoms with Gasteiger partial charge in [-0.1, -0.05) is 0 Å². The number of aliphatic hydroxyl groups excluding tert-OH is 1. The van der Waals surface area contributed by atoms with Gasteiger partial charge in [0.2, 0.25) is 5.78 Å². The summed E-state index contributed by atoms with van der Waals surface area (Å²) in [5.74, 6) is -2.26. The number of Topliss-reactive ketones (excluding diaryl/α,β-unsaturated/α-hetero) is 1. The van der Waals surface area contributed by atoms with Crippen molar-refractivity contribution >= 4 is 11.8 Å². The normalized spacial score (nSPS) is 12.5. The Kier molecular flexibility index (Phi) is 5.18. The summed E-state index contributed by atoms with van der Waals surface area (Å²) in [5.41, 5.74) is 4.91. The van der Waals surface area contributed by atoms with Crippen molar-refractivity contribution in [2.45, 2.75) is 19.2 Å². The van der Waals surface area contributed by atoms with Crippen LogP contribution in [0.1, 0.15) is 12.8 Å². The Morgan fingerprint density at radius 1 is 1.50 bits per heavy atom. The lowest BCUT2D eigenvalue weighted by molar-refractivity contribution is -0.149. The van der Waals surface area contributed by atoms with Crippen LogP contribution in [0.2, 0.25) is 0 Å². The number of hydrogen-bond acceptors (Lipinski definition) is 5. The van der Waals surface area contributed by atoms with E-state index in [2.05, 4.69) is 5.32 Å². The maximum Gasteiger partial charge on any atom is 0.372 e. The van der Waals surface area contributed by atoms with E-state index in [1.165, 1.54) is 0 Å². The van der Waals surface area contributed by atoms with Crippen molar-refractivity contribution in [3.8, 4) is 0 Å². The Bertz CT molecular complexity index is 169. The molecule has 0 saturated heterocycles. The molecule has 6 heteroatoms. The first-order chi connectivity index (χ1) is 5.54. The molecule has 1 atom stereocenters. The van der Waals surface area contributed by atoms with Gasteiger partial charge >= 0.3 is 5.97 Å². The summed E-state index contributed by atoms with van der Waals surface area (Å²) in [6.45, 7) is 0.316. The molecule has 0 heterocycles. The summed E-state index contributed by atoms with van der Waals surface area (Å²) in [7, 11) is 0. The van der Waals surface area contributed by atoms with Crippen LogP contribution in [0.15, 0.2) is 0 Å². The Morgan fingerprint density at radius 2 is 2.08 bits per heavy atom. The third kappa shape index (κ3) is 5.78. The van der Waals surface area contributed by atoms with Crippen LogP contribution in [0.25, 0.3) is 0 Å². The zero-order chi connectivity index (χ0) is 9.56. The zero-order valence-electron chi connectivity index (χ0n) is 6.49. The largest absolute Gasteiger partial charge is 0.476 e. The molecular weight excluding hydrogens is 164 g/mol. The number of carbonyl (C=O) groups excluding carboxylic acids is 1. The molecular formula is C6H12N2O4. The van der Waals surface area contributed by atoms with Gasteiger partial charge < -0.3 is 10.2 Å². The van der Waals surface area contributed by atoms with Gasteiger partial charge in [-0.2, -0.15) is 0 Å². The fourth-order valence-corrected chi connectivity index (χ4v) is 0.606. The number of carboxylic acids is 1. The van der Waals surface area contributed by atoms with E-state index in [4.69, 9.17) is 15.9 Å². The summed E-state index contributed by atoms with van der Waals surface area (Å²) in [6.07, 6.45) is -0.820. The second-order valence-corrected chi connectivity index (χ2v) is 2.23. The molecule has 0 bridgehead atoms. The van der Waals surface area contributed by atoms with Gasteiger partial charge in [0.25, 0.3) is 0 Å². The fourth-order valence-electron chi connectivity index (χ4n) is 0.606. The van der Waals surface area contributed by atoms with Crippen LogP contribution < -0.4 is 11.1 Å². The van der Waals surface area contributed by atoms with E-state index in [1.54, 1.807) is 0 Å². The molecule has 0 aliphatic carbocycles. The van der Waals surface area contributed by atoms with Crippen molar-refractivity contribution in [3.63, 3.8) is 0 Å². The van der Waals surface area contributed by atoms with Crippen LogP contribution in [0.5, 0.6) is 0 Å². The van der Waals surface area contributed by atoms with Crippen molar-refractivity contribution in [2.75, 3.05) is 6.54 Å². The van der Waals surface area contributed by atoms with Crippen LogP contribution in [0.3, 0.4) is 0 Å². The number of carbonyl (C=O) groups is 2.